The molecule has 132 valence electrons. The molecule has 8 heteroatoms. The number of benzene rings is 1. The van der Waals surface area contributed by atoms with Crippen molar-refractivity contribution < 1.29 is 4.79 Å². The number of hydrogen-bond donors (Lipinski definition) is 2. The van der Waals surface area contributed by atoms with Crippen molar-refractivity contribution in [2.45, 2.75) is 23.9 Å². The van der Waals surface area contributed by atoms with Crippen LogP contribution in [0.5, 0.6) is 0 Å². The van der Waals surface area contributed by atoms with Gasteiger partial charge in [-0.15, -0.1) is 21.5 Å². The maximum atomic E-state index is 12.5. The number of carbonyl (C=O) groups is 1. The highest BCUT2D eigenvalue weighted by atomic mass is 32.2. The Bertz CT molecular complexity index is 1070. The first-order valence-electron chi connectivity index (χ1n) is 7.98. The molecule has 0 fully saturated rings. The highest BCUT2D eigenvalue weighted by molar-refractivity contribution is 8.00. The molecule has 0 saturated carbocycles. The smallest absolute Gasteiger partial charge is 0.273 e. The average molecular weight is 401 g/mol. The Labute approximate surface area is 162 Å². The maximum Gasteiger partial charge on any atom is 0.273 e. The lowest BCUT2D eigenvalue weighted by Gasteiger charge is -1.97. The molecule has 26 heavy (non-hydrogen) atoms. The molecule has 0 atom stereocenters. The van der Waals surface area contributed by atoms with Gasteiger partial charge in [0.15, 0.2) is 4.34 Å². The van der Waals surface area contributed by atoms with E-state index in [-0.39, 0.29) is 5.91 Å². The Hall–Kier alpha value is -2.16. The van der Waals surface area contributed by atoms with Crippen LogP contribution in [-0.4, -0.2) is 21.1 Å². The van der Waals surface area contributed by atoms with Gasteiger partial charge in [-0.25, -0.2) is 0 Å². The lowest BCUT2D eigenvalue weighted by Crippen LogP contribution is -2.11. The van der Waals surface area contributed by atoms with Gasteiger partial charge in [-0.1, -0.05) is 35.2 Å². The van der Waals surface area contributed by atoms with Crippen LogP contribution >= 0.6 is 34.4 Å². The molecule has 3 heterocycles. The minimum absolute atomic E-state index is 0.204. The number of thioether (sulfide) groups is 1. The number of rotatable bonds is 5. The van der Waals surface area contributed by atoms with Crippen molar-refractivity contribution in [3.63, 3.8) is 0 Å². The number of fused-ring (bicyclic) bond motifs is 1. The zero-order valence-electron chi connectivity index (χ0n) is 14.2. The summed E-state index contributed by atoms with van der Waals surface area (Å²) in [5.41, 5.74) is 3.81. The Balaban J connectivity index is 1.45. The third kappa shape index (κ3) is 3.67. The van der Waals surface area contributed by atoms with Gasteiger partial charge in [-0.2, -0.15) is 0 Å². The largest absolute Gasteiger partial charge is 0.351 e. The summed E-state index contributed by atoms with van der Waals surface area (Å²) >= 11 is 4.74. The first-order chi connectivity index (χ1) is 12.6. The van der Waals surface area contributed by atoms with Crippen molar-refractivity contribution >= 4 is 56.4 Å². The van der Waals surface area contributed by atoms with Gasteiger partial charge in [0.1, 0.15) is 5.69 Å². The number of thiophene rings is 1. The monoisotopic (exact) mass is 400 g/mol. The summed E-state index contributed by atoms with van der Waals surface area (Å²) in [6.07, 6.45) is 0. The van der Waals surface area contributed by atoms with Crippen LogP contribution < -0.4 is 5.32 Å². The number of carbonyl (C=O) groups excluding carboxylic acids is 1. The van der Waals surface area contributed by atoms with E-state index in [2.05, 4.69) is 38.0 Å². The summed E-state index contributed by atoms with van der Waals surface area (Å²) in [6.45, 7) is 4.09. The Morgan fingerprint density at radius 3 is 2.96 bits per heavy atom. The molecule has 0 saturated heterocycles. The molecule has 4 aromatic rings. The fourth-order valence-corrected chi connectivity index (χ4v) is 5.25. The molecule has 0 radical (unpaired) electrons. The van der Waals surface area contributed by atoms with E-state index < -0.39 is 0 Å². The zero-order chi connectivity index (χ0) is 18.1. The normalized spacial score (nSPS) is 11.2. The quantitative estimate of drug-likeness (QED) is 0.355. The van der Waals surface area contributed by atoms with E-state index in [0.717, 1.165) is 26.6 Å². The number of aromatic amines is 1. The highest BCUT2D eigenvalue weighted by Gasteiger charge is 2.14. The number of aryl methyl sites for hydroxylation is 2. The molecule has 0 unspecified atom stereocenters. The number of H-pyrrole nitrogens is 1. The van der Waals surface area contributed by atoms with Crippen molar-refractivity contribution in [1.29, 1.82) is 0 Å². The topological polar surface area (TPSA) is 70.7 Å². The van der Waals surface area contributed by atoms with Crippen LogP contribution in [0.1, 0.15) is 26.5 Å². The van der Waals surface area contributed by atoms with Crippen molar-refractivity contribution in [1.82, 2.24) is 15.2 Å². The summed E-state index contributed by atoms with van der Waals surface area (Å²) in [7, 11) is 0. The molecule has 0 aliphatic heterocycles. The molecule has 5 nitrogen and oxygen atoms in total. The standard InChI is InChI=1S/C18H16N4OS3/c1-10-6-11(2)13-8-15(19-14(13)7-10)16(23)20-17-21-22-18(26-17)25-9-12-4-3-5-24-12/h3-8,19H,9H2,1-2H3,(H,20,21,23). The van der Waals surface area contributed by atoms with E-state index in [1.807, 2.05) is 32.0 Å². The van der Waals surface area contributed by atoms with E-state index in [1.54, 1.807) is 23.1 Å². The van der Waals surface area contributed by atoms with Crippen LogP contribution in [-0.2, 0) is 5.75 Å². The molecule has 0 bridgehead atoms. The minimum Gasteiger partial charge on any atom is -0.351 e. The van der Waals surface area contributed by atoms with Crippen molar-refractivity contribution in [3.05, 3.63) is 57.4 Å². The van der Waals surface area contributed by atoms with Crippen LogP contribution in [0.2, 0.25) is 0 Å². The number of hydrogen-bond acceptors (Lipinski definition) is 6. The number of nitrogens with zero attached hydrogens (tertiary/aromatic N) is 2. The van der Waals surface area contributed by atoms with Crippen LogP contribution in [0.25, 0.3) is 10.9 Å². The number of amides is 1. The molecule has 0 spiro atoms. The predicted octanol–water partition coefficient (Wildman–Crippen LogP) is 5.24. The van der Waals surface area contributed by atoms with Crippen LogP contribution in [0.3, 0.4) is 0 Å². The lowest BCUT2D eigenvalue weighted by molar-refractivity contribution is 0.102. The SMILES string of the molecule is Cc1cc(C)c2cc(C(=O)Nc3nnc(SCc4cccs4)s3)[nH]c2c1. The van der Waals surface area contributed by atoms with Crippen LogP contribution in [0, 0.1) is 13.8 Å². The summed E-state index contributed by atoms with van der Waals surface area (Å²) < 4.78 is 0.844. The molecule has 0 aliphatic rings. The number of anilines is 1. The Morgan fingerprint density at radius 1 is 1.27 bits per heavy atom. The summed E-state index contributed by atoms with van der Waals surface area (Å²) in [5.74, 6) is 0.658. The molecular formula is C18H16N4OS3. The van der Waals surface area contributed by atoms with Gasteiger partial charge in [-0.3, -0.25) is 10.1 Å². The first kappa shape index (κ1) is 17.3. The predicted molar refractivity (Wildman–Crippen MR) is 110 cm³/mol. The van der Waals surface area contributed by atoms with Gasteiger partial charge >= 0.3 is 0 Å². The summed E-state index contributed by atoms with van der Waals surface area (Å²) in [5, 5.41) is 14.7. The molecule has 2 N–H and O–H groups in total. The van der Waals surface area contributed by atoms with Gasteiger partial charge in [-0.05, 0) is 48.6 Å². The molecule has 1 aromatic carbocycles. The van der Waals surface area contributed by atoms with E-state index in [0.29, 0.717) is 10.8 Å². The molecule has 4 rings (SSSR count). The van der Waals surface area contributed by atoms with Crippen molar-refractivity contribution in [2.24, 2.45) is 0 Å². The zero-order valence-corrected chi connectivity index (χ0v) is 16.6. The Kier molecular flexibility index (Phi) is 4.80. The molecule has 0 aliphatic carbocycles. The summed E-state index contributed by atoms with van der Waals surface area (Å²) in [4.78, 5) is 17.0. The van der Waals surface area contributed by atoms with Crippen molar-refractivity contribution in [2.75, 3.05) is 5.32 Å². The minimum atomic E-state index is -0.204. The second-order valence-corrected chi connectivity index (χ2v) is 9.15. The second-order valence-electron chi connectivity index (χ2n) is 5.92. The van der Waals surface area contributed by atoms with Crippen molar-refractivity contribution in [3.8, 4) is 0 Å². The van der Waals surface area contributed by atoms with Gasteiger partial charge in [0.05, 0.1) is 0 Å². The van der Waals surface area contributed by atoms with Gasteiger partial charge < -0.3 is 4.98 Å². The summed E-state index contributed by atoms with van der Waals surface area (Å²) in [6, 6.07) is 10.2. The van der Waals surface area contributed by atoms with Gasteiger partial charge in [0.2, 0.25) is 5.13 Å². The second kappa shape index (κ2) is 7.22. The molecule has 3 aromatic heterocycles. The number of nitrogens with one attached hydrogen (secondary N) is 2. The first-order valence-corrected chi connectivity index (χ1v) is 10.7. The van der Waals surface area contributed by atoms with E-state index in [1.165, 1.54) is 21.8 Å². The molecule has 1 amide bonds. The van der Waals surface area contributed by atoms with E-state index in [4.69, 9.17) is 0 Å². The molecular weight excluding hydrogens is 384 g/mol. The Morgan fingerprint density at radius 2 is 2.15 bits per heavy atom. The van der Waals surface area contributed by atoms with E-state index in [9.17, 15) is 4.79 Å². The third-order valence-electron chi connectivity index (χ3n) is 3.88. The van der Waals surface area contributed by atoms with Crippen LogP contribution in [0.4, 0.5) is 5.13 Å². The highest BCUT2D eigenvalue weighted by Crippen LogP contribution is 2.30. The van der Waals surface area contributed by atoms with Gasteiger partial charge in [0.25, 0.3) is 5.91 Å². The van der Waals surface area contributed by atoms with Crippen LogP contribution in [0.15, 0.2) is 40.1 Å². The fourth-order valence-electron chi connectivity index (χ4n) is 2.73. The van der Waals surface area contributed by atoms with Gasteiger partial charge in [0, 0.05) is 21.5 Å². The number of aromatic nitrogens is 3. The van der Waals surface area contributed by atoms with E-state index >= 15 is 0 Å². The lowest BCUT2D eigenvalue weighted by atomic mass is 10.1. The maximum absolute atomic E-state index is 12.5. The average Bonchev–Trinajstić information content (AvgIpc) is 3.33. The third-order valence-corrected chi connectivity index (χ3v) is 6.96. The fraction of sp³-hybridized carbons (Fsp3) is 0.167.